The number of nitrogens with zero attached hydrogens (tertiary/aromatic N) is 5. The lowest BCUT2D eigenvalue weighted by atomic mass is 9.97. The fraction of sp³-hybridized carbons (Fsp3) is 0.400. The van der Waals surface area contributed by atoms with Gasteiger partial charge in [0.1, 0.15) is 54.2 Å². The van der Waals surface area contributed by atoms with Crippen LogP contribution in [0.4, 0.5) is 0 Å². The fourth-order valence-corrected chi connectivity index (χ4v) is 9.35. The number of pyridine rings is 2. The lowest BCUT2D eigenvalue weighted by molar-refractivity contribution is -0.277. The Morgan fingerprint density at radius 2 is 0.845 bits per heavy atom. The predicted molar refractivity (Wildman–Crippen MR) is 295 cm³/mol. The molecule has 7 rings (SSSR count). The highest BCUT2D eigenvalue weighted by atomic mass is 16.7. The Morgan fingerprint density at radius 1 is 0.488 bits per heavy atom. The second-order valence-corrected chi connectivity index (χ2v) is 20.4. The Kier molecular flexibility index (Phi) is 22.8. The van der Waals surface area contributed by atoms with Gasteiger partial charge in [-0.1, -0.05) is 60.4 Å². The average molecular weight is 1160 g/mol. The summed E-state index contributed by atoms with van der Waals surface area (Å²) in [7, 11) is 0. The maximum Gasteiger partial charge on any atom is 0.317 e. The van der Waals surface area contributed by atoms with E-state index in [1.165, 1.54) is 21.9 Å². The molecule has 0 saturated carbocycles. The van der Waals surface area contributed by atoms with Gasteiger partial charge < -0.3 is 75.1 Å². The van der Waals surface area contributed by atoms with Crippen molar-refractivity contribution in [2.24, 2.45) is 0 Å². The minimum atomic E-state index is -1.64. The summed E-state index contributed by atoms with van der Waals surface area (Å²) in [6.07, 6.45) is -12.9. The minimum absolute atomic E-state index is 0.128. The zero-order valence-electron chi connectivity index (χ0n) is 45.9. The number of aliphatic hydroxyl groups excluding tert-OH is 7. The van der Waals surface area contributed by atoms with Gasteiger partial charge >= 0.3 is 23.9 Å². The molecule has 24 heteroatoms. The van der Waals surface area contributed by atoms with E-state index in [-0.39, 0.29) is 37.7 Å². The summed E-state index contributed by atoms with van der Waals surface area (Å²) in [6.45, 7) is 0.960. The number of hydrogen-bond donors (Lipinski definition) is 11. The van der Waals surface area contributed by atoms with Gasteiger partial charge in [0.15, 0.2) is 0 Å². The molecule has 0 spiro atoms. The summed E-state index contributed by atoms with van der Waals surface area (Å²) in [5.74, 6) is 7.91. The number of aliphatic hydroxyl groups is 7. The van der Waals surface area contributed by atoms with Gasteiger partial charge in [-0.15, -0.1) is 0 Å². The van der Waals surface area contributed by atoms with Crippen LogP contribution in [0.25, 0.3) is 0 Å². The number of aliphatic carboxylic acids is 4. The Morgan fingerprint density at radius 3 is 1.21 bits per heavy atom. The van der Waals surface area contributed by atoms with Crippen LogP contribution in [0.15, 0.2) is 97.1 Å². The molecule has 0 bridgehead atoms. The Hall–Kier alpha value is -7.92. The summed E-state index contributed by atoms with van der Waals surface area (Å²) < 4.78 is 22.7. The molecule has 2 aliphatic heterocycles. The monoisotopic (exact) mass is 1160 g/mol. The van der Waals surface area contributed by atoms with Crippen LogP contribution in [0.5, 0.6) is 11.5 Å². The van der Waals surface area contributed by atoms with Crippen molar-refractivity contribution in [1.29, 1.82) is 0 Å². The number of aryl methyl sites for hydroxylation is 1. The van der Waals surface area contributed by atoms with Crippen molar-refractivity contribution >= 4 is 23.9 Å². The number of carboxylic acid groups (broad SMARTS) is 4. The van der Waals surface area contributed by atoms with E-state index in [4.69, 9.17) is 28.9 Å². The van der Waals surface area contributed by atoms with E-state index in [0.717, 1.165) is 11.1 Å². The molecule has 0 aliphatic carbocycles. The van der Waals surface area contributed by atoms with E-state index < -0.39 is 118 Å². The number of aromatic nitrogens is 2. The fourth-order valence-electron chi connectivity index (χ4n) is 9.35. The maximum absolute atomic E-state index is 11.9. The van der Waals surface area contributed by atoms with Crippen LogP contribution in [-0.4, -0.2) is 205 Å². The molecule has 10 unspecified atom stereocenters. The van der Waals surface area contributed by atoms with Crippen LogP contribution in [0, 0.1) is 30.6 Å². The first-order chi connectivity index (χ1) is 40.1. The van der Waals surface area contributed by atoms with Gasteiger partial charge in [-0.2, -0.15) is 0 Å². The Bertz CT molecular complexity index is 2960. The van der Waals surface area contributed by atoms with Crippen LogP contribution in [0.2, 0.25) is 0 Å². The molecule has 4 heterocycles. The topological polar surface area (TPSA) is 363 Å². The van der Waals surface area contributed by atoms with Gasteiger partial charge in [0, 0.05) is 55.0 Å². The average Bonchev–Trinajstić information content (AvgIpc) is 3.32. The Balaban J connectivity index is 1.21. The second kappa shape index (κ2) is 30.1. The van der Waals surface area contributed by atoms with E-state index in [9.17, 15) is 75.3 Å². The minimum Gasteiger partial charge on any atom is -0.480 e. The van der Waals surface area contributed by atoms with Crippen molar-refractivity contribution in [1.82, 2.24) is 24.7 Å². The largest absolute Gasteiger partial charge is 0.480 e. The zero-order valence-corrected chi connectivity index (χ0v) is 45.9. The van der Waals surface area contributed by atoms with Crippen molar-refractivity contribution < 1.29 is 94.3 Å². The van der Waals surface area contributed by atoms with E-state index >= 15 is 0 Å². The van der Waals surface area contributed by atoms with Crippen molar-refractivity contribution in [3.8, 4) is 35.2 Å². The molecule has 0 amide bonds. The van der Waals surface area contributed by atoms with Gasteiger partial charge in [0.25, 0.3) is 0 Å². The quantitative estimate of drug-likeness (QED) is 0.0355. The molecule has 0 radical (unpaired) electrons. The number of carboxylic acids is 4. The normalized spacial score (nSPS) is 22.1. The van der Waals surface area contributed by atoms with E-state index in [1.807, 2.05) is 36.1 Å². The van der Waals surface area contributed by atoms with Crippen molar-refractivity contribution in [2.45, 2.75) is 114 Å². The predicted octanol–water partition coefficient (Wildman–Crippen LogP) is 0.547. The number of ether oxygens (including phenoxy) is 4. The van der Waals surface area contributed by atoms with Gasteiger partial charge in [0.2, 0.25) is 12.6 Å². The smallest absolute Gasteiger partial charge is 0.317 e. The van der Waals surface area contributed by atoms with Gasteiger partial charge in [-0.25, -0.2) is 0 Å². The van der Waals surface area contributed by atoms with Crippen molar-refractivity contribution in [3.63, 3.8) is 0 Å². The SMILES string of the molecule is CCC1OC(Oc2ccc(C#Cc3cc(CN(CC(=O)O)CC(=O)O)nc(CN(CCc4ccc(C)cc4)Cc4cc(C#Cc5ccc(OC6OC(CO)C(O)C(O)C6O)cc5)cc(CN(CC(=O)O)CC(=O)O)n4)c3)cc2)C(O)C(O)C1O. The number of hydrogen-bond acceptors (Lipinski definition) is 20. The number of rotatable bonds is 25. The molecule has 446 valence electrons. The lowest BCUT2D eigenvalue weighted by Crippen LogP contribution is -2.60. The van der Waals surface area contributed by atoms with E-state index in [1.54, 1.807) is 67.6 Å². The molecule has 5 aromatic rings. The number of benzene rings is 3. The summed E-state index contributed by atoms with van der Waals surface area (Å²) in [4.78, 5) is 61.8. The first kappa shape index (κ1) is 63.7. The van der Waals surface area contributed by atoms with Gasteiger partial charge in [-0.3, -0.25) is 43.8 Å². The molecule has 11 N–H and O–H groups in total. The highest BCUT2D eigenvalue weighted by Gasteiger charge is 2.45. The van der Waals surface area contributed by atoms with Gasteiger partial charge in [0.05, 0.1) is 61.7 Å². The molecule has 2 saturated heterocycles. The Labute approximate surface area is 483 Å². The summed E-state index contributed by atoms with van der Waals surface area (Å²) in [6, 6.07) is 27.5. The van der Waals surface area contributed by atoms with Gasteiger partial charge in [-0.05, 0) is 98.1 Å². The van der Waals surface area contributed by atoms with E-state index in [0.29, 0.717) is 64.4 Å². The first-order valence-electron chi connectivity index (χ1n) is 26.8. The van der Waals surface area contributed by atoms with Crippen LogP contribution >= 0.6 is 0 Å². The highest BCUT2D eigenvalue weighted by molar-refractivity contribution is 5.73. The molecule has 2 aromatic heterocycles. The first-order valence-corrected chi connectivity index (χ1v) is 26.8. The van der Waals surface area contributed by atoms with Crippen LogP contribution in [0.1, 0.15) is 69.5 Å². The molecule has 2 fully saturated rings. The zero-order chi connectivity index (χ0) is 60.6. The maximum atomic E-state index is 11.9. The summed E-state index contributed by atoms with van der Waals surface area (Å²) in [5.41, 5.74) is 5.50. The van der Waals surface area contributed by atoms with Crippen molar-refractivity contribution in [2.75, 3.05) is 39.3 Å². The van der Waals surface area contributed by atoms with E-state index in [2.05, 4.69) is 23.7 Å². The third-order valence-electron chi connectivity index (χ3n) is 13.5. The summed E-state index contributed by atoms with van der Waals surface area (Å²) >= 11 is 0. The second-order valence-electron chi connectivity index (χ2n) is 20.4. The van der Waals surface area contributed by atoms with Crippen LogP contribution in [0.3, 0.4) is 0 Å². The molecule has 24 nitrogen and oxygen atoms in total. The van der Waals surface area contributed by atoms with Crippen LogP contribution in [-0.2, 0) is 61.3 Å². The number of carbonyl (C=O) groups is 4. The third-order valence-corrected chi connectivity index (χ3v) is 13.5. The molecule has 3 aromatic carbocycles. The molecule has 84 heavy (non-hydrogen) atoms. The summed E-state index contributed by atoms with van der Waals surface area (Å²) in [5, 5.41) is 110. The van der Waals surface area contributed by atoms with Crippen LogP contribution < -0.4 is 9.47 Å². The third kappa shape index (κ3) is 18.8. The molecule has 2 aliphatic rings. The standard InChI is InChI=1S/C60H67N5O19/c1-3-47-53(75)55(77)57(79)59(83-47)81-45-16-12-36(13-17-45)8-10-39-22-41(61-43(24-39)28-64(30-49(67)68)31-50(69)70)26-63(21-20-38-6-4-35(2)5-7-38)27-42-23-40(25-44(62-42)29-65(32-51(71)72)33-52(73)74)11-9-37-14-18-46(19-15-37)82-60-58(80)56(78)54(76)48(34-66)84-60/h4-7,12-19,22-25,47-48,53-60,66,75-80H,3,20-21,26-34H2,1-2H3,(H,67,68)(H,69,70)(H,71,72)(H,73,74). The molecule has 10 atom stereocenters. The highest BCUT2D eigenvalue weighted by Crippen LogP contribution is 2.28. The van der Waals surface area contributed by atoms with Crippen molar-refractivity contribution in [3.05, 3.63) is 153 Å². The molecular formula is C60H67N5O19. The lowest BCUT2D eigenvalue weighted by Gasteiger charge is -2.40. The molecular weight excluding hydrogens is 1090 g/mol.